The molecule has 1 aromatic rings. The maximum Gasteiger partial charge on any atom is 0.310 e. The molecule has 0 radical (unpaired) electrons. The number of carbonyl (C=O) groups excluding carboxylic acids is 1. The molecule has 0 aliphatic rings. The van der Waals surface area contributed by atoms with Crippen LogP contribution in [0.25, 0.3) is 0 Å². The second kappa shape index (κ2) is 6.70. The molecule has 0 N–H and O–H groups in total. The van der Waals surface area contributed by atoms with Crippen molar-refractivity contribution in [2.45, 2.75) is 25.4 Å². The Bertz CT molecular complexity index is 374. The Labute approximate surface area is 104 Å². The monoisotopic (exact) mass is 260 g/mol. The summed E-state index contributed by atoms with van der Waals surface area (Å²) in [6.45, 7) is 4.13. The second-order valence-electron chi connectivity index (χ2n) is 2.88. The number of halogens is 1. The lowest BCUT2D eigenvalue weighted by molar-refractivity contribution is -0.142. The van der Waals surface area contributed by atoms with Gasteiger partial charge in [-0.05, 0) is 12.7 Å². The molecule has 1 heterocycles. The molecule has 0 aliphatic carbocycles. The molecule has 0 bridgehead atoms. The molecular weight excluding hydrogens is 248 g/mol. The maximum atomic E-state index is 11.2. The topological polar surface area (TPSA) is 52.1 Å². The first kappa shape index (κ1) is 13.3. The van der Waals surface area contributed by atoms with Crippen LogP contribution in [0.15, 0.2) is 11.4 Å². The van der Waals surface area contributed by atoms with Gasteiger partial charge in [0.1, 0.15) is 5.15 Å². The molecule has 0 fully saturated rings. The summed E-state index contributed by atoms with van der Waals surface area (Å²) in [5.74, 6) is 0.567. The van der Waals surface area contributed by atoms with Crippen molar-refractivity contribution in [1.82, 2.24) is 9.97 Å². The van der Waals surface area contributed by atoms with Gasteiger partial charge in [-0.2, -0.15) is 0 Å². The molecule has 4 nitrogen and oxygen atoms in total. The van der Waals surface area contributed by atoms with Gasteiger partial charge in [-0.25, -0.2) is 9.97 Å². The Morgan fingerprint density at radius 1 is 1.56 bits per heavy atom. The Hall–Kier alpha value is -0.810. The quantitative estimate of drug-likeness (QED) is 0.352. The molecule has 0 saturated carbocycles. The summed E-state index contributed by atoms with van der Waals surface area (Å²) in [7, 11) is 0. The summed E-state index contributed by atoms with van der Waals surface area (Å²) in [6.07, 6.45) is 1.69. The van der Waals surface area contributed by atoms with Crippen LogP contribution in [-0.4, -0.2) is 28.3 Å². The normalized spacial score (nSPS) is 10.2. The first-order valence-corrected chi connectivity index (χ1v) is 6.33. The van der Waals surface area contributed by atoms with Crippen molar-refractivity contribution >= 4 is 29.3 Å². The van der Waals surface area contributed by atoms with E-state index in [1.54, 1.807) is 13.1 Å². The Balaban J connectivity index is 2.71. The summed E-state index contributed by atoms with van der Waals surface area (Å²) in [5.41, 5.74) is 0.598. The predicted molar refractivity (Wildman–Crippen MR) is 63.8 cm³/mol. The lowest BCUT2D eigenvalue weighted by atomic mass is 10.2. The van der Waals surface area contributed by atoms with E-state index in [1.807, 2.05) is 6.92 Å². The first-order chi connectivity index (χ1) is 7.67. The highest BCUT2D eigenvalue weighted by atomic mass is 35.5. The van der Waals surface area contributed by atoms with Gasteiger partial charge < -0.3 is 4.74 Å². The third kappa shape index (κ3) is 3.98. The number of aromatic nitrogens is 2. The van der Waals surface area contributed by atoms with E-state index in [0.29, 0.717) is 22.5 Å². The third-order valence-electron chi connectivity index (χ3n) is 1.70. The molecule has 0 saturated heterocycles. The molecule has 0 aromatic carbocycles. The van der Waals surface area contributed by atoms with Crippen LogP contribution in [0.1, 0.15) is 19.4 Å². The lowest BCUT2D eigenvalue weighted by Crippen LogP contribution is -2.08. The number of hydrogen-bond donors (Lipinski definition) is 0. The average Bonchev–Trinajstić information content (AvgIpc) is 2.23. The molecule has 0 atom stereocenters. The Kier molecular flexibility index (Phi) is 5.55. The summed E-state index contributed by atoms with van der Waals surface area (Å²) in [5, 5.41) is 0.944. The van der Waals surface area contributed by atoms with Crippen molar-refractivity contribution in [1.29, 1.82) is 0 Å². The number of thioether (sulfide) groups is 1. The molecule has 0 aliphatic heterocycles. The minimum absolute atomic E-state index is 0.115. The van der Waals surface area contributed by atoms with Crippen molar-refractivity contribution in [3.63, 3.8) is 0 Å². The van der Waals surface area contributed by atoms with Crippen molar-refractivity contribution in [2.75, 3.05) is 12.4 Å². The summed E-state index contributed by atoms with van der Waals surface area (Å²) in [6, 6.07) is 0. The minimum atomic E-state index is -0.316. The van der Waals surface area contributed by atoms with Gasteiger partial charge in [-0.3, -0.25) is 4.79 Å². The number of nitrogens with zero attached hydrogens (tertiary/aromatic N) is 2. The standard InChI is InChI=1S/C10H13ClN2O2S/c1-3-15-8(14)5-7-6-12-10(16-4-2)13-9(7)11/h6H,3-5H2,1-2H3. The zero-order chi connectivity index (χ0) is 12.0. The predicted octanol–water partition coefficient (Wildman–Crippen LogP) is 2.35. The van der Waals surface area contributed by atoms with Gasteiger partial charge in [0.2, 0.25) is 0 Å². The SMILES string of the molecule is CCOC(=O)Cc1cnc(SCC)nc1Cl. The zero-order valence-corrected chi connectivity index (χ0v) is 10.8. The fourth-order valence-corrected chi connectivity index (χ4v) is 1.84. The van der Waals surface area contributed by atoms with Crippen molar-refractivity contribution in [3.05, 3.63) is 16.9 Å². The van der Waals surface area contributed by atoms with Crippen LogP contribution in [0.2, 0.25) is 5.15 Å². The van der Waals surface area contributed by atoms with Gasteiger partial charge in [-0.1, -0.05) is 30.3 Å². The molecule has 0 amide bonds. The number of carbonyl (C=O) groups is 1. The highest BCUT2D eigenvalue weighted by Crippen LogP contribution is 2.18. The van der Waals surface area contributed by atoms with E-state index in [9.17, 15) is 4.79 Å². The van der Waals surface area contributed by atoms with Gasteiger partial charge >= 0.3 is 5.97 Å². The van der Waals surface area contributed by atoms with Crippen LogP contribution in [0.5, 0.6) is 0 Å². The van der Waals surface area contributed by atoms with E-state index in [2.05, 4.69) is 9.97 Å². The van der Waals surface area contributed by atoms with Crippen LogP contribution < -0.4 is 0 Å². The highest BCUT2D eigenvalue weighted by Gasteiger charge is 2.10. The van der Waals surface area contributed by atoms with Crippen LogP contribution in [-0.2, 0) is 16.0 Å². The second-order valence-corrected chi connectivity index (χ2v) is 4.47. The zero-order valence-electron chi connectivity index (χ0n) is 9.20. The summed E-state index contributed by atoms with van der Waals surface area (Å²) in [4.78, 5) is 19.4. The van der Waals surface area contributed by atoms with Crippen LogP contribution in [0.3, 0.4) is 0 Å². The molecule has 6 heteroatoms. The van der Waals surface area contributed by atoms with Crippen LogP contribution >= 0.6 is 23.4 Å². The molecule has 0 spiro atoms. The Morgan fingerprint density at radius 3 is 2.88 bits per heavy atom. The van der Waals surface area contributed by atoms with Gasteiger partial charge in [0.05, 0.1) is 13.0 Å². The van der Waals surface area contributed by atoms with Gasteiger partial charge in [0.25, 0.3) is 0 Å². The minimum Gasteiger partial charge on any atom is -0.466 e. The number of esters is 1. The summed E-state index contributed by atoms with van der Waals surface area (Å²) >= 11 is 7.44. The van der Waals surface area contributed by atoms with E-state index in [4.69, 9.17) is 16.3 Å². The van der Waals surface area contributed by atoms with Crippen molar-refractivity contribution in [3.8, 4) is 0 Å². The van der Waals surface area contributed by atoms with Crippen molar-refractivity contribution < 1.29 is 9.53 Å². The Morgan fingerprint density at radius 2 is 2.31 bits per heavy atom. The van der Waals surface area contributed by atoms with Gasteiger partial charge in [0, 0.05) is 11.8 Å². The number of ether oxygens (including phenoxy) is 1. The number of hydrogen-bond acceptors (Lipinski definition) is 5. The maximum absolute atomic E-state index is 11.2. The number of rotatable bonds is 5. The van der Waals surface area contributed by atoms with Crippen LogP contribution in [0, 0.1) is 0 Å². The van der Waals surface area contributed by atoms with Crippen molar-refractivity contribution in [2.24, 2.45) is 0 Å². The first-order valence-electron chi connectivity index (χ1n) is 4.97. The highest BCUT2D eigenvalue weighted by molar-refractivity contribution is 7.99. The van der Waals surface area contributed by atoms with E-state index < -0.39 is 0 Å². The third-order valence-corrected chi connectivity index (χ3v) is 2.77. The van der Waals surface area contributed by atoms with Gasteiger partial charge in [0.15, 0.2) is 5.16 Å². The van der Waals surface area contributed by atoms with E-state index in [0.717, 1.165) is 5.75 Å². The summed E-state index contributed by atoms with van der Waals surface area (Å²) < 4.78 is 4.82. The van der Waals surface area contributed by atoms with E-state index in [-0.39, 0.29) is 12.4 Å². The molecule has 1 rings (SSSR count). The fraction of sp³-hybridized carbons (Fsp3) is 0.500. The van der Waals surface area contributed by atoms with Gasteiger partial charge in [-0.15, -0.1) is 0 Å². The molecule has 16 heavy (non-hydrogen) atoms. The molecule has 88 valence electrons. The molecule has 1 aromatic heterocycles. The fourth-order valence-electron chi connectivity index (χ4n) is 1.06. The van der Waals surface area contributed by atoms with E-state index in [1.165, 1.54) is 11.8 Å². The lowest BCUT2D eigenvalue weighted by Gasteiger charge is -2.04. The molecular formula is C10H13ClN2O2S. The van der Waals surface area contributed by atoms with E-state index >= 15 is 0 Å². The molecule has 0 unspecified atom stereocenters. The average molecular weight is 261 g/mol. The van der Waals surface area contributed by atoms with Crippen LogP contribution in [0.4, 0.5) is 0 Å². The largest absolute Gasteiger partial charge is 0.466 e. The smallest absolute Gasteiger partial charge is 0.310 e.